The van der Waals surface area contributed by atoms with Crippen molar-refractivity contribution in [3.63, 3.8) is 0 Å². The van der Waals surface area contributed by atoms with Crippen molar-refractivity contribution in [3.05, 3.63) is 11.9 Å². The van der Waals surface area contributed by atoms with Gasteiger partial charge in [0.25, 0.3) is 0 Å². The molecule has 0 unspecified atom stereocenters. The summed E-state index contributed by atoms with van der Waals surface area (Å²) < 4.78 is 0. The van der Waals surface area contributed by atoms with E-state index in [2.05, 4.69) is 20.4 Å². The van der Waals surface area contributed by atoms with Crippen molar-refractivity contribution in [2.75, 3.05) is 0 Å². The van der Waals surface area contributed by atoms with E-state index in [4.69, 9.17) is 0 Å². The first-order valence-electron chi connectivity index (χ1n) is 2.72. The van der Waals surface area contributed by atoms with E-state index in [9.17, 15) is 0 Å². The molecule has 4 heteroatoms. The lowest BCUT2D eigenvalue weighted by Crippen LogP contribution is -1.71. The second-order valence-corrected chi connectivity index (χ2v) is 1.98. The molecular weight excluding hydrogens is 116 g/mol. The van der Waals surface area contributed by atoms with E-state index < -0.39 is 0 Å². The van der Waals surface area contributed by atoms with Crippen LogP contribution >= 0.6 is 0 Å². The lowest BCUT2D eigenvalue weighted by molar-refractivity contribution is 1.01. The Bertz CT molecular complexity index is 318. The van der Waals surface area contributed by atoms with E-state index in [1.165, 1.54) is 0 Å². The molecule has 2 heterocycles. The Morgan fingerprint density at radius 3 is 3.11 bits per heavy atom. The van der Waals surface area contributed by atoms with E-state index in [1.54, 1.807) is 6.20 Å². The van der Waals surface area contributed by atoms with Crippen LogP contribution in [0.15, 0.2) is 6.20 Å². The Morgan fingerprint density at radius 1 is 1.44 bits per heavy atom. The van der Waals surface area contributed by atoms with Gasteiger partial charge in [-0.3, -0.25) is 10.2 Å². The maximum absolute atomic E-state index is 3.94. The van der Waals surface area contributed by atoms with E-state index in [-0.39, 0.29) is 0 Å². The molecule has 2 aromatic heterocycles. The molecule has 0 saturated carbocycles. The third-order valence-electron chi connectivity index (χ3n) is 1.36. The zero-order valence-corrected chi connectivity index (χ0v) is 4.97. The van der Waals surface area contributed by atoms with Gasteiger partial charge < -0.3 is 0 Å². The van der Waals surface area contributed by atoms with Gasteiger partial charge in [0.15, 0.2) is 5.65 Å². The SMILES string of the molecule is Cc1[nH]nc2[nH]ncc12. The molecule has 46 valence electrons. The highest BCUT2D eigenvalue weighted by atomic mass is 15.2. The zero-order chi connectivity index (χ0) is 6.27. The summed E-state index contributed by atoms with van der Waals surface area (Å²) in [6.07, 6.45) is 1.76. The van der Waals surface area contributed by atoms with Crippen LogP contribution in [0.4, 0.5) is 0 Å². The Hall–Kier alpha value is -1.32. The first kappa shape index (κ1) is 4.55. The van der Waals surface area contributed by atoms with E-state index in [0.717, 1.165) is 16.7 Å². The summed E-state index contributed by atoms with van der Waals surface area (Å²) in [5.74, 6) is 0. The predicted octanol–water partition coefficient (Wildman–Crippen LogP) is 0.594. The lowest BCUT2D eigenvalue weighted by atomic mass is 10.3. The molecule has 2 rings (SSSR count). The van der Waals surface area contributed by atoms with Crippen LogP contribution in [0.1, 0.15) is 5.69 Å². The summed E-state index contributed by atoms with van der Waals surface area (Å²) in [4.78, 5) is 0. The number of nitrogens with zero attached hydrogens (tertiary/aromatic N) is 2. The number of hydrogen-bond donors (Lipinski definition) is 2. The van der Waals surface area contributed by atoms with Crippen molar-refractivity contribution in [1.29, 1.82) is 0 Å². The van der Waals surface area contributed by atoms with Gasteiger partial charge in [0.2, 0.25) is 0 Å². The largest absolute Gasteiger partial charge is 0.280 e. The molecule has 0 amide bonds. The molecule has 0 spiro atoms. The molecule has 2 N–H and O–H groups in total. The maximum atomic E-state index is 3.94. The summed E-state index contributed by atoms with van der Waals surface area (Å²) >= 11 is 0. The molecule has 0 atom stereocenters. The molecule has 0 saturated heterocycles. The van der Waals surface area contributed by atoms with Crippen LogP contribution in [0, 0.1) is 6.92 Å². The summed E-state index contributed by atoms with van der Waals surface area (Å²) in [5, 5.41) is 14.4. The zero-order valence-electron chi connectivity index (χ0n) is 4.97. The minimum atomic E-state index is 0.826. The van der Waals surface area contributed by atoms with Crippen LogP contribution in [0.3, 0.4) is 0 Å². The first-order chi connectivity index (χ1) is 4.38. The normalized spacial score (nSPS) is 10.8. The minimum Gasteiger partial charge on any atom is -0.280 e. The number of aromatic nitrogens is 4. The molecule has 0 bridgehead atoms. The number of aromatic amines is 2. The lowest BCUT2D eigenvalue weighted by Gasteiger charge is -1.73. The number of H-pyrrole nitrogens is 2. The fourth-order valence-electron chi connectivity index (χ4n) is 0.839. The van der Waals surface area contributed by atoms with Gasteiger partial charge in [-0.05, 0) is 6.92 Å². The predicted molar refractivity (Wildman–Crippen MR) is 33.0 cm³/mol. The first-order valence-corrected chi connectivity index (χ1v) is 2.72. The standard InChI is InChI=1S/C5H6N4/c1-3-4-2-6-8-5(4)9-7-3/h2H,1H3,(H2,6,7,8,9). The highest BCUT2D eigenvalue weighted by Crippen LogP contribution is 2.09. The van der Waals surface area contributed by atoms with Crippen LogP contribution < -0.4 is 0 Å². The molecule has 4 nitrogen and oxygen atoms in total. The Morgan fingerprint density at radius 2 is 2.33 bits per heavy atom. The van der Waals surface area contributed by atoms with Crippen molar-refractivity contribution in [1.82, 2.24) is 20.4 Å². The maximum Gasteiger partial charge on any atom is 0.177 e. The topological polar surface area (TPSA) is 57.4 Å². The summed E-state index contributed by atoms with van der Waals surface area (Å²) in [6, 6.07) is 0. The highest BCUT2D eigenvalue weighted by Gasteiger charge is 1.99. The van der Waals surface area contributed by atoms with Gasteiger partial charge in [-0.2, -0.15) is 10.2 Å². The molecule has 0 aliphatic rings. The Balaban J connectivity index is 2.99. The minimum absolute atomic E-state index is 0.826. The van der Waals surface area contributed by atoms with Gasteiger partial charge >= 0.3 is 0 Å². The number of rotatable bonds is 0. The Labute approximate surface area is 51.3 Å². The summed E-state index contributed by atoms with van der Waals surface area (Å²) in [6.45, 7) is 1.96. The van der Waals surface area contributed by atoms with Gasteiger partial charge in [0, 0.05) is 5.69 Å². The van der Waals surface area contributed by atoms with Crippen LogP contribution in [-0.4, -0.2) is 20.4 Å². The van der Waals surface area contributed by atoms with Crippen LogP contribution in [0.25, 0.3) is 11.0 Å². The van der Waals surface area contributed by atoms with Gasteiger partial charge in [-0.15, -0.1) is 0 Å². The molecular formula is C5H6N4. The fraction of sp³-hybridized carbons (Fsp3) is 0.200. The third-order valence-corrected chi connectivity index (χ3v) is 1.36. The van der Waals surface area contributed by atoms with Crippen LogP contribution in [0.2, 0.25) is 0 Å². The number of fused-ring (bicyclic) bond motifs is 1. The Kier molecular flexibility index (Phi) is 0.677. The summed E-state index contributed by atoms with van der Waals surface area (Å²) in [5.41, 5.74) is 1.88. The fourth-order valence-corrected chi connectivity index (χ4v) is 0.839. The van der Waals surface area contributed by atoms with Crippen molar-refractivity contribution >= 4 is 11.0 Å². The molecule has 0 aliphatic carbocycles. The van der Waals surface area contributed by atoms with Gasteiger partial charge in [-0.25, -0.2) is 0 Å². The molecule has 2 aromatic rings. The van der Waals surface area contributed by atoms with Crippen molar-refractivity contribution in [3.8, 4) is 0 Å². The average Bonchev–Trinajstić information content (AvgIpc) is 2.35. The van der Waals surface area contributed by atoms with E-state index in [1.807, 2.05) is 6.92 Å². The molecule has 9 heavy (non-hydrogen) atoms. The van der Waals surface area contributed by atoms with Crippen molar-refractivity contribution in [2.45, 2.75) is 6.92 Å². The molecule has 0 fully saturated rings. The highest BCUT2D eigenvalue weighted by molar-refractivity contribution is 5.76. The quantitative estimate of drug-likeness (QED) is 0.537. The second-order valence-electron chi connectivity index (χ2n) is 1.98. The number of aryl methyl sites for hydroxylation is 1. The third kappa shape index (κ3) is 0.468. The van der Waals surface area contributed by atoms with Gasteiger partial charge in [0.05, 0.1) is 11.6 Å². The monoisotopic (exact) mass is 122 g/mol. The van der Waals surface area contributed by atoms with E-state index in [0.29, 0.717) is 0 Å². The number of hydrogen-bond acceptors (Lipinski definition) is 2. The van der Waals surface area contributed by atoms with Crippen LogP contribution in [-0.2, 0) is 0 Å². The van der Waals surface area contributed by atoms with E-state index >= 15 is 0 Å². The number of nitrogens with one attached hydrogen (secondary N) is 2. The summed E-state index contributed by atoms with van der Waals surface area (Å²) in [7, 11) is 0. The molecule has 0 radical (unpaired) electrons. The van der Waals surface area contributed by atoms with Crippen molar-refractivity contribution < 1.29 is 0 Å². The van der Waals surface area contributed by atoms with Gasteiger partial charge in [0.1, 0.15) is 0 Å². The van der Waals surface area contributed by atoms with Gasteiger partial charge in [-0.1, -0.05) is 0 Å². The van der Waals surface area contributed by atoms with Crippen LogP contribution in [0.5, 0.6) is 0 Å². The van der Waals surface area contributed by atoms with Crippen molar-refractivity contribution in [2.24, 2.45) is 0 Å². The smallest absolute Gasteiger partial charge is 0.177 e. The second kappa shape index (κ2) is 1.34. The molecule has 0 aromatic carbocycles. The average molecular weight is 122 g/mol. The molecule has 0 aliphatic heterocycles.